The van der Waals surface area contributed by atoms with Gasteiger partial charge in [-0.2, -0.15) is 9.29 Å². The minimum atomic E-state index is -3.68. The normalized spacial score (nSPS) is 14.9. The molecular formula is C21H19FN6O5S. The van der Waals surface area contributed by atoms with Crippen molar-refractivity contribution in [3.05, 3.63) is 65.0 Å². The Kier molecular flexibility index (Phi) is 5.73. The molecule has 5 rings (SSSR count). The summed E-state index contributed by atoms with van der Waals surface area (Å²) in [5.41, 5.74) is 1.70. The number of benzene rings is 2. The van der Waals surface area contributed by atoms with Crippen molar-refractivity contribution in [2.24, 2.45) is 0 Å². The molecule has 3 heterocycles. The van der Waals surface area contributed by atoms with Gasteiger partial charge in [0.05, 0.1) is 29.8 Å². The van der Waals surface area contributed by atoms with Crippen LogP contribution in [0.15, 0.2) is 62.8 Å². The second-order valence-electron chi connectivity index (χ2n) is 7.41. The average Bonchev–Trinajstić information content (AvgIpc) is 3.21. The lowest BCUT2D eigenvalue weighted by Crippen LogP contribution is -2.40. The summed E-state index contributed by atoms with van der Waals surface area (Å²) < 4.78 is 51.7. The molecule has 0 atom stereocenters. The van der Waals surface area contributed by atoms with Gasteiger partial charge < -0.3 is 19.8 Å². The molecule has 2 aromatic carbocycles. The highest BCUT2D eigenvalue weighted by molar-refractivity contribution is 7.89. The Morgan fingerprint density at radius 2 is 1.85 bits per heavy atom. The summed E-state index contributed by atoms with van der Waals surface area (Å²) in [4.78, 5) is 22.1. The van der Waals surface area contributed by atoms with Crippen molar-refractivity contribution in [3.8, 4) is 0 Å². The number of fused-ring (bicyclic) bond motifs is 1. The summed E-state index contributed by atoms with van der Waals surface area (Å²) >= 11 is 0. The van der Waals surface area contributed by atoms with E-state index in [2.05, 4.69) is 25.6 Å². The Morgan fingerprint density at radius 1 is 1.06 bits per heavy atom. The van der Waals surface area contributed by atoms with Crippen LogP contribution in [-0.2, 0) is 14.8 Å². The van der Waals surface area contributed by atoms with Gasteiger partial charge in [-0.3, -0.25) is 4.98 Å². The van der Waals surface area contributed by atoms with E-state index >= 15 is 0 Å². The molecule has 1 aliphatic rings. The lowest BCUT2D eigenvalue weighted by atomic mass is 10.3. The number of rotatable bonds is 6. The predicted molar refractivity (Wildman–Crippen MR) is 121 cm³/mol. The molecule has 11 nitrogen and oxygen atoms in total. The van der Waals surface area contributed by atoms with Crippen LogP contribution >= 0.6 is 0 Å². The number of halogens is 1. The van der Waals surface area contributed by atoms with Crippen molar-refractivity contribution in [2.45, 2.75) is 4.90 Å². The highest BCUT2D eigenvalue weighted by atomic mass is 32.2. The second kappa shape index (κ2) is 8.85. The third-order valence-electron chi connectivity index (χ3n) is 5.12. The van der Waals surface area contributed by atoms with Gasteiger partial charge in [-0.1, -0.05) is 6.07 Å². The number of aromatic amines is 1. The van der Waals surface area contributed by atoms with Gasteiger partial charge in [-0.25, -0.2) is 22.6 Å². The molecule has 0 radical (unpaired) electrons. The molecule has 4 aromatic rings. The number of aromatic nitrogens is 3. The van der Waals surface area contributed by atoms with Crippen LogP contribution < -0.4 is 16.4 Å². The Hall–Kier alpha value is -3.81. The average molecular weight is 486 g/mol. The minimum Gasteiger partial charge on any atom is -0.408 e. The first kappa shape index (κ1) is 22.0. The van der Waals surface area contributed by atoms with E-state index in [1.54, 1.807) is 30.3 Å². The van der Waals surface area contributed by atoms with E-state index in [0.29, 0.717) is 35.7 Å². The molecular weight excluding hydrogens is 467 g/mol. The van der Waals surface area contributed by atoms with Crippen molar-refractivity contribution >= 4 is 44.3 Å². The molecule has 0 saturated carbocycles. The number of morpholine rings is 1. The van der Waals surface area contributed by atoms with Crippen LogP contribution in [0.2, 0.25) is 0 Å². The third-order valence-corrected chi connectivity index (χ3v) is 7.02. The molecule has 3 N–H and O–H groups in total. The summed E-state index contributed by atoms with van der Waals surface area (Å²) in [6.07, 6.45) is 0.990. The Labute approximate surface area is 192 Å². The molecule has 0 amide bonds. The van der Waals surface area contributed by atoms with Crippen LogP contribution in [0.1, 0.15) is 0 Å². The number of H-pyrrole nitrogens is 1. The lowest BCUT2D eigenvalue weighted by molar-refractivity contribution is 0.0730. The van der Waals surface area contributed by atoms with Crippen LogP contribution in [-0.4, -0.2) is 54.0 Å². The summed E-state index contributed by atoms with van der Waals surface area (Å²) in [6.45, 7) is 1.27. The van der Waals surface area contributed by atoms with Crippen LogP contribution in [0.25, 0.3) is 11.1 Å². The fourth-order valence-corrected chi connectivity index (χ4v) is 4.94. The van der Waals surface area contributed by atoms with Gasteiger partial charge in [0.1, 0.15) is 0 Å². The smallest absolute Gasteiger partial charge is 0.408 e. The largest absolute Gasteiger partial charge is 0.417 e. The first-order valence-electron chi connectivity index (χ1n) is 10.3. The minimum absolute atomic E-state index is 0.0580. The molecule has 34 heavy (non-hydrogen) atoms. The molecule has 2 aromatic heterocycles. The van der Waals surface area contributed by atoms with E-state index in [-0.39, 0.29) is 29.8 Å². The monoisotopic (exact) mass is 486 g/mol. The third kappa shape index (κ3) is 4.48. The molecule has 0 bridgehead atoms. The van der Waals surface area contributed by atoms with E-state index in [1.165, 1.54) is 16.4 Å². The Morgan fingerprint density at radius 3 is 2.68 bits per heavy atom. The van der Waals surface area contributed by atoms with Crippen molar-refractivity contribution in [2.75, 3.05) is 36.9 Å². The summed E-state index contributed by atoms with van der Waals surface area (Å²) in [7, 11) is -3.68. The van der Waals surface area contributed by atoms with Gasteiger partial charge in [-0.15, -0.1) is 0 Å². The highest BCUT2D eigenvalue weighted by Crippen LogP contribution is 2.25. The molecule has 0 spiro atoms. The van der Waals surface area contributed by atoms with E-state index in [9.17, 15) is 17.6 Å². The van der Waals surface area contributed by atoms with Gasteiger partial charge >= 0.3 is 5.76 Å². The maximum absolute atomic E-state index is 14.4. The molecule has 1 saturated heterocycles. The van der Waals surface area contributed by atoms with Gasteiger partial charge in [0.15, 0.2) is 17.2 Å². The van der Waals surface area contributed by atoms with Gasteiger partial charge in [0.25, 0.3) is 0 Å². The second-order valence-corrected chi connectivity index (χ2v) is 9.35. The lowest BCUT2D eigenvalue weighted by Gasteiger charge is -2.26. The van der Waals surface area contributed by atoms with Gasteiger partial charge in [0, 0.05) is 24.5 Å². The standard InChI is InChI=1S/C21H19FN6O5S/c22-16-12-23-20(27-19(16)24-14-4-5-18-17(11-14)26-21(29)33-18)25-13-2-1-3-15(10-13)34(30,31)28-6-8-32-9-7-28/h1-5,10-12H,6-9H2,(H,26,29)(H2,23,24,25,27). The molecule has 1 fully saturated rings. The zero-order chi connectivity index (χ0) is 23.7. The van der Waals surface area contributed by atoms with E-state index < -0.39 is 21.6 Å². The number of sulfonamides is 1. The predicted octanol–water partition coefficient (Wildman–Crippen LogP) is 2.56. The van der Waals surface area contributed by atoms with Crippen molar-refractivity contribution in [1.82, 2.24) is 19.3 Å². The number of anilines is 4. The van der Waals surface area contributed by atoms with E-state index in [1.807, 2.05) is 0 Å². The van der Waals surface area contributed by atoms with Crippen LogP contribution in [0.3, 0.4) is 0 Å². The first-order valence-corrected chi connectivity index (χ1v) is 11.7. The fraction of sp³-hybridized carbons (Fsp3) is 0.190. The first-order chi connectivity index (χ1) is 16.4. The van der Waals surface area contributed by atoms with Gasteiger partial charge in [-0.05, 0) is 36.4 Å². The fourth-order valence-electron chi connectivity index (χ4n) is 3.48. The van der Waals surface area contributed by atoms with Crippen molar-refractivity contribution in [1.29, 1.82) is 0 Å². The number of ether oxygens (including phenoxy) is 1. The van der Waals surface area contributed by atoms with E-state index in [4.69, 9.17) is 9.15 Å². The number of nitrogens with zero attached hydrogens (tertiary/aromatic N) is 3. The zero-order valence-electron chi connectivity index (χ0n) is 17.6. The number of hydrogen-bond donors (Lipinski definition) is 3. The SMILES string of the molecule is O=c1[nH]c2cc(Nc3nc(Nc4cccc(S(=O)(=O)N5CCOCC5)c4)ncc3F)ccc2o1. The number of nitrogens with one attached hydrogen (secondary N) is 3. The van der Waals surface area contributed by atoms with Crippen LogP contribution in [0.4, 0.5) is 27.5 Å². The molecule has 0 unspecified atom stereocenters. The topological polar surface area (TPSA) is 142 Å². The summed E-state index contributed by atoms with van der Waals surface area (Å²) in [6, 6.07) is 11.0. The maximum atomic E-state index is 14.4. The van der Waals surface area contributed by atoms with E-state index in [0.717, 1.165) is 6.20 Å². The molecule has 13 heteroatoms. The van der Waals surface area contributed by atoms with Crippen LogP contribution in [0, 0.1) is 5.82 Å². The van der Waals surface area contributed by atoms with Crippen molar-refractivity contribution < 1.29 is 22.0 Å². The van der Waals surface area contributed by atoms with Crippen LogP contribution in [0.5, 0.6) is 0 Å². The molecule has 176 valence electrons. The van der Waals surface area contributed by atoms with Crippen molar-refractivity contribution in [3.63, 3.8) is 0 Å². The molecule has 0 aliphatic carbocycles. The Balaban J connectivity index is 1.37. The zero-order valence-corrected chi connectivity index (χ0v) is 18.4. The molecule has 1 aliphatic heterocycles. The van der Waals surface area contributed by atoms with Gasteiger partial charge in [0.2, 0.25) is 16.0 Å². The number of hydrogen-bond acceptors (Lipinski definition) is 9. The summed E-state index contributed by atoms with van der Waals surface area (Å²) in [5.74, 6) is -1.35. The quantitative estimate of drug-likeness (QED) is 0.375. The maximum Gasteiger partial charge on any atom is 0.417 e. The summed E-state index contributed by atoms with van der Waals surface area (Å²) in [5, 5.41) is 5.74. The highest BCUT2D eigenvalue weighted by Gasteiger charge is 2.26. The Bertz CT molecular complexity index is 1510. The number of oxazole rings is 1.